The molecule has 0 radical (unpaired) electrons. The van der Waals surface area contributed by atoms with E-state index in [1.165, 1.54) is 0 Å². The third-order valence-corrected chi connectivity index (χ3v) is 4.60. The van der Waals surface area contributed by atoms with Gasteiger partial charge in [0.05, 0.1) is 5.41 Å². The second kappa shape index (κ2) is 5.81. The number of rotatable bonds is 4. The van der Waals surface area contributed by atoms with E-state index in [0.717, 1.165) is 12.8 Å². The van der Waals surface area contributed by atoms with Crippen LogP contribution in [0.2, 0.25) is 0 Å². The standard InChI is InChI=1S/C14H22N2O4/c1-9-4-6-14(7-5-9,13(19)20)8-15-12(18)10-2-3-11(17)16-10/h9-10H,2-8H2,1H3,(H,15,18)(H,16,17)(H,19,20)/t9?,10-,14?/m1/s1. The summed E-state index contributed by atoms with van der Waals surface area (Å²) in [6.45, 7) is 2.28. The molecule has 6 nitrogen and oxygen atoms in total. The lowest BCUT2D eigenvalue weighted by molar-refractivity contribution is -0.151. The molecule has 20 heavy (non-hydrogen) atoms. The van der Waals surface area contributed by atoms with Gasteiger partial charge >= 0.3 is 5.97 Å². The summed E-state index contributed by atoms with van der Waals surface area (Å²) in [5.41, 5.74) is -0.842. The first kappa shape index (κ1) is 14.8. The number of amides is 2. The molecule has 112 valence electrons. The maximum Gasteiger partial charge on any atom is 0.311 e. The molecule has 0 bridgehead atoms. The van der Waals surface area contributed by atoms with Crippen LogP contribution in [0.15, 0.2) is 0 Å². The third kappa shape index (κ3) is 3.11. The Morgan fingerprint density at radius 3 is 2.50 bits per heavy atom. The molecular weight excluding hydrogens is 260 g/mol. The van der Waals surface area contributed by atoms with E-state index in [1.54, 1.807) is 0 Å². The fourth-order valence-corrected chi connectivity index (χ4v) is 2.97. The Kier molecular flexibility index (Phi) is 4.30. The molecule has 0 aromatic rings. The Morgan fingerprint density at radius 2 is 2.00 bits per heavy atom. The van der Waals surface area contributed by atoms with Gasteiger partial charge in [-0.25, -0.2) is 0 Å². The van der Waals surface area contributed by atoms with Crippen molar-refractivity contribution in [3.8, 4) is 0 Å². The molecule has 2 amide bonds. The minimum atomic E-state index is -0.842. The van der Waals surface area contributed by atoms with Crippen molar-refractivity contribution in [2.45, 2.75) is 51.5 Å². The van der Waals surface area contributed by atoms with Crippen LogP contribution in [-0.4, -0.2) is 35.5 Å². The third-order valence-electron chi connectivity index (χ3n) is 4.60. The molecular formula is C14H22N2O4. The molecule has 2 rings (SSSR count). The quantitative estimate of drug-likeness (QED) is 0.706. The number of hydrogen-bond acceptors (Lipinski definition) is 3. The molecule has 1 saturated carbocycles. The van der Waals surface area contributed by atoms with Gasteiger partial charge in [0.1, 0.15) is 6.04 Å². The number of carbonyl (C=O) groups excluding carboxylic acids is 2. The zero-order chi connectivity index (χ0) is 14.8. The summed E-state index contributed by atoms with van der Waals surface area (Å²) in [4.78, 5) is 34.6. The van der Waals surface area contributed by atoms with Crippen molar-refractivity contribution in [2.75, 3.05) is 6.54 Å². The van der Waals surface area contributed by atoms with E-state index in [4.69, 9.17) is 0 Å². The normalized spacial score (nSPS) is 33.5. The average Bonchev–Trinajstić information content (AvgIpc) is 2.84. The lowest BCUT2D eigenvalue weighted by atomic mass is 9.71. The van der Waals surface area contributed by atoms with Gasteiger partial charge in [-0.1, -0.05) is 6.92 Å². The highest BCUT2D eigenvalue weighted by Gasteiger charge is 2.42. The van der Waals surface area contributed by atoms with E-state index < -0.39 is 17.4 Å². The average molecular weight is 282 g/mol. The van der Waals surface area contributed by atoms with Crippen LogP contribution in [0.4, 0.5) is 0 Å². The second-order valence-electron chi connectivity index (χ2n) is 6.14. The number of carbonyl (C=O) groups is 3. The molecule has 0 spiro atoms. The first-order valence-electron chi connectivity index (χ1n) is 7.23. The van der Waals surface area contributed by atoms with Crippen molar-refractivity contribution in [1.82, 2.24) is 10.6 Å². The number of aliphatic carboxylic acids is 1. The molecule has 0 aromatic heterocycles. The van der Waals surface area contributed by atoms with E-state index in [2.05, 4.69) is 17.6 Å². The summed E-state index contributed by atoms with van der Waals surface area (Å²) in [5.74, 6) is -0.674. The highest BCUT2D eigenvalue weighted by atomic mass is 16.4. The molecule has 1 heterocycles. The minimum absolute atomic E-state index is 0.121. The van der Waals surface area contributed by atoms with Crippen LogP contribution in [0, 0.1) is 11.3 Å². The number of hydrogen-bond donors (Lipinski definition) is 3. The fraction of sp³-hybridized carbons (Fsp3) is 0.786. The predicted octanol–water partition coefficient (Wildman–Crippen LogP) is 0.662. The Balaban J connectivity index is 1.91. The predicted molar refractivity (Wildman–Crippen MR) is 71.9 cm³/mol. The van der Waals surface area contributed by atoms with E-state index >= 15 is 0 Å². The lowest BCUT2D eigenvalue weighted by Crippen LogP contribution is -2.49. The maximum atomic E-state index is 11.9. The zero-order valence-electron chi connectivity index (χ0n) is 11.8. The highest BCUT2D eigenvalue weighted by Crippen LogP contribution is 2.38. The van der Waals surface area contributed by atoms with Crippen LogP contribution < -0.4 is 10.6 Å². The van der Waals surface area contributed by atoms with Gasteiger partial charge in [0, 0.05) is 13.0 Å². The summed E-state index contributed by atoms with van der Waals surface area (Å²) in [7, 11) is 0. The zero-order valence-corrected chi connectivity index (χ0v) is 11.8. The maximum absolute atomic E-state index is 11.9. The van der Waals surface area contributed by atoms with E-state index in [-0.39, 0.29) is 18.4 Å². The molecule has 2 aliphatic rings. The second-order valence-corrected chi connectivity index (χ2v) is 6.14. The fourth-order valence-electron chi connectivity index (χ4n) is 2.97. The Bertz CT molecular complexity index is 413. The molecule has 2 fully saturated rings. The van der Waals surface area contributed by atoms with Gasteiger partial charge in [-0.05, 0) is 38.0 Å². The summed E-state index contributed by atoms with van der Waals surface area (Å²) in [6, 6.07) is -0.504. The largest absolute Gasteiger partial charge is 0.481 e. The van der Waals surface area contributed by atoms with Crippen molar-refractivity contribution in [3.05, 3.63) is 0 Å². The Hall–Kier alpha value is -1.59. The molecule has 1 aliphatic heterocycles. The van der Waals surface area contributed by atoms with Crippen molar-refractivity contribution < 1.29 is 19.5 Å². The summed E-state index contributed by atoms with van der Waals surface area (Å²) in [6.07, 6.45) is 3.80. The van der Waals surface area contributed by atoms with Crippen molar-refractivity contribution in [2.24, 2.45) is 11.3 Å². The Labute approximate surface area is 118 Å². The lowest BCUT2D eigenvalue weighted by Gasteiger charge is -2.36. The molecule has 6 heteroatoms. The molecule has 1 saturated heterocycles. The van der Waals surface area contributed by atoms with Gasteiger partial charge in [-0.3, -0.25) is 14.4 Å². The number of carboxylic acids is 1. The molecule has 0 aromatic carbocycles. The van der Waals surface area contributed by atoms with Crippen LogP contribution in [0.5, 0.6) is 0 Å². The SMILES string of the molecule is CC1CCC(CNC(=O)[C@H]2CCC(=O)N2)(C(=O)O)CC1. The number of carboxylic acid groups (broad SMARTS) is 1. The van der Waals surface area contributed by atoms with Gasteiger partial charge in [-0.2, -0.15) is 0 Å². The summed E-state index contributed by atoms with van der Waals surface area (Å²) >= 11 is 0. The van der Waals surface area contributed by atoms with Crippen molar-refractivity contribution >= 4 is 17.8 Å². The molecule has 1 aliphatic carbocycles. The summed E-state index contributed by atoms with van der Waals surface area (Å²) in [5, 5.41) is 14.8. The van der Waals surface area contributed by atoms with Gasteiger partial charge in [0.15, 0.2) is 0 Å². The van der Waals surface area contributed by atoms with Crippen LogP contribution in [0.3, 0.4) is 0 Å². The first-order valence-corrected chi connectivity index (χ1v) is 7.23. The summed E-state index contributed by atoms with van der Waals surface area (Å²) < 4.78 is 0. The smallest absolute Gasteiger partial charge is 0.311 e. The van der Waals surface area contributed by atoms with E-state index in [0.29, 0.717) is 31.6 Å². The Morgan fingerprint density at radius 1 is 1.35 bits per heavy atom. The minimum Gasteiger partial charge on any atom is -0.481 e. The van der Waals surface area contributed by atoms with Crippen LogP contribution >= 0.6 is 0 Å². The van der Waals surface area contributed by atoms with Crippen LogP contribution in [-0.2, 0) is 14.4 Å². The van der Waals surface area contributed by atoms with Crippen molar-refractivity contribution in [3.63, 3.8) is 0 Å². The van der Waals surface area contributed by atoms with E-state index in [9.17, 15) is 19.5 Å². The van der Waals surface area contributed by atoms with Crippen LogP contribution in [0.1, 0.15) is 45.4 Å². The monoisotopic (exact) mass is 282 g/mol. The van der Waals surface area contributed by atoms with E-state index in [1.807, 2.05) is 0 Å². The molecule has 0 unspecified atom stereocenters. The first-order chi connectivity index (χ1) is 9.43. The van der Waals surface area contributed by atoms with Gasteiger partial charge in [0.2, 0.25) is 11.8 Å². The molecule has 1 atom stereocenters. The van der Waals surface area contributed by atoms with Crippen LogP contribution in [0.25, 0.3) is 0 Å². The van der Waals surface area contributed by atoms with Gasteiger partial charge in [-0.15, -0.1) is 0 Å². The topological polar surface area (TPSA) is 95.5 Å². The van der Waals surface area contributed by atoms with Gasteiger partial charge < -0.3 is 15.7 Å². The number of nitrogens with one attached hydrogen (secondary N) is 2. The van der Waals surface area contributed by atoms with Gasteiger partial charge in [0.25, 0.3) is 0 Å². The highest BCUT2D eigenvalue weighted by molar-refractivity contribution is 5.91. The molecule has 3 N–H and O–H groups in total. The van der Waals surface area contributed by atoms with Crippen molar-refractivity contribution in [1.29, 1.82) is 0 Å².